The summed E-state index contributed by atoms with van der Waals surface area (Å²) in [5.74, 6) is 5.58. The van der Waals surface area contributed by atoms with Gasteiger partial charge in [0.2, 0.25) is 5.91 Å². The van der Waals surface area contributed by atoms with Crippen LogP contribution in [0.2, 0.25) is 0 Å². The first kappa shape index (κ1) is 9.68. The lowest BCUT2D eigenvalue weighted by Gasteiger charge is -2.11. The first-order valence-corrected chi connectivity index (χ1v) is 5.07. The fourth-order valence-electron chi connectivity index (χ4n) is 2.59. The number of hydrogen-bond donors (Lipinski definition) is 2. The van der Waals surface area contributed by atoms with E-state index < -0.39 is 0 Å². The maximum Gasteiger partial charge on any atom is 0.221 e. The molecule has 0 saturated heterocycles. The molecule has 0 radical (unpaired) electrons. The number of carbonyl (C=O) groups is 1. The van der Waals surface area contributed by atoms with Crippen molar-refractivity contribution in [3.63, 3.8) is 0 Å². The Morgan fingerprint density at radius 3 is 2.93 bits per heavy atom. The molecule has 78 valence electrons. The average molecular weight is 196 g/mol. The maximum atomic E-state index is 11.1. The van der Waals surface area contributed by atoms with Crippen LogP contribution in [0.25, 0.3) is 0 Å². The van der Waals surface area contributed by atoms with Gasteiger partial charge in [-0.25, -0.2) is 5.90 Å². The lowest BCUT2D eigenvalue weighted by Crippen LogP contribution is -2.22. The summed E-state index contributed by atoms with van der Waals surface area (Å²) in [4.78, 5) is 16.0. The van der Waals surface area contributed by atoms with Crippen molar-refractivity contribution in [3.05, 3.63) is 12.2 Å². The van der Waals surface area contributed by atoms with E-state index in [4.69, 9.17) is 16.5 Å². The van der Waals surface area contributed by atoms with Gasteiger partial charge in [-0.1, -0.05) is 12.2 Å². The first-order chi connectivity index (χ1) is 6.75. The molecule has 0 aromatic rings. The van der Waals surface area contributed by atoms with Crippen LogP contribution in [0.3, 0.4) is 0 Å². The number of hydrogen-bond acceptors (Lipinski definition) is 3. The van der Waals surface area contributed by atoms with E-state index in [1.165, 1.54) is 0 Å². The SMILES string of the molecule is NO[C@@H]1/C=C\CCC[C@@H]2[C@@H](C(N)=O)[C@@H]21. The van der Waals surface area contributed by atoms with E-state index in [0.29, 0.717) is 5.92 Å². The van der Waals surface area contributed by atoms with Crippen LogP contribution in [-0.4, -0.2) is 12.0 Å². The summed E-state index contributed by atoms with van der Waals surface area (Å²) >= 11 is 0. The molecule has 0 aromatic carbocycles. The lowest BCUT2D eigenvalue weighted by atomic mass is 10.0. The second-order valence-electron chi connectivity index (χ2n) is 4.13. The standard InChI is InChI=1S/C10H16N2O2/c11-10(13)9-6-4-2-1-3-5-7(14-12)8(6)9/h3,5-9H,1-2,4,12H2,(H2,11,13)/b5-3-/t6-,7+,8-,9+/m0/s1. The van der Waals surface area contributed by atoms with Crippen LogP contribution in [0.1, 0.15) is 19.3 Å². The highest BCUT2D eigenvalue weighted by Gasteiger charge is 2.56. The third-order valence-electron chi connectivity index (χ3n) is 3.33. The molecule has 4 nitrogen and oxygen atoms in total. The van der Waals surface area contributed by atoms with Crippen LogP contribution in [-0.2, 0) is 9.63 Å². The number of primary amides is 1. The summed E-state index contributed by atoms with van der Waals surface area (Å²) in [7, 11) is 0. The Balaban J connectivity index is 2.10. The zero-order valence-electron chi connectivity index (χ0n) is 8.06. The van der Waals surface area contributed by atoms with Gasteiger partial charge in [-0.15, -0.1) is 0 Å². The molecule has 1 fully saturated rings. The number of rotatable bonds is 2. The van der Waals surface area contributed by atoms with E-state index in [-0.39, 0.29) is 23.8 Å². The van der Waals surface area contributed by atoms with Crippen LogP contribution >= 0.6 is 0 Å². The Hall–Kier alpha value is -0.870. The molecule has 0 unspecified atom stereocenters. The molecule has 4 N–H and O–H groups in total. The molecule has 2 aliphatic carbocycles. The number of fused-ring (bicyclic) bond motifs is 1. The summed E-state index contributed by atoms with van der Waals surface area (Å²) < 4.78 is 0. The van der Waals surface area contributed by atoms with Crippen molar-refractivity contribution in [2.45, 2.75) is 25.4 Å². The second-order valence-corrected chi connectivity index (χ2v) is 4.13. The van der Waals surface area contributed by atoms with E-state index in [2.05, 4.69) is 6.08 Å². The minimum Gasteiger partial charge on any atom is -0.369 e. The molecule has 14 heavy (non-hydrogen) atoms. The lowest BCUT2D eigenvalue weighted by molar-refractivity contribution is -0.120. The van der Waals surface area contributed by atoms with Crippen molar-refractivity contribution in [1.82, 2.24) is 0 Å². The Kier molecular flexibility index (Phi) is 2.56. The summed E-state index contributed by atoms with van der Waals surface area (Å²) in [6.45, 7) is 0. The third kappa shape index (κ3) is 1.55. The van der Waals surface area contributed by atoms with Gasteiger partial charge >= 0.3 is 0 Å². The molecule has 4 heteroatoms. The second kappa shape index (κ2) is 3.71. The summed E-state index contributed by atoms with van der Waals surface area (Å²) in [5.41, 5.74) is 5.32. The van der Waals surface area contributed by atoms with Gasteiger partial charge in [0.1, 0.15) is 6.10 Å². The van der Waals surface area contributed by atoms with Crippen LogP contribution in [0.5, 0.6) is 0 Å². The molecule has 0 bridgehead atoms. The van der Waals surface area contributed by atoms with Gasteiger partial charge in [-0.3, -0.25) is 9.63 Å². The van der Waals surface area contributed by atoms with Crippen molar-refractivity contribution in [2.75, 3.05) is 0 Å². The molecule has 0 spiro atoms. The fraction of sp³-hybridized carbons (Fsp3) is 0.700. The van der Waals surface area contributed by atoms with Gasteiger partial charge in [0.25, 0.3) is 0 Å². The molecular weight excluding hydrogens is 180 g/mol. The first-order valence-electron chi connectivity index (χ1n) is 5.07. The van der Waals surface area contributed by atoms with Crippen molar-refractivity contribution in [1.29, 1.82) is 0 Å². The van der Waals surface area contributed by atoms with Gasteiger partial charge in [0, 0.05) is 11.8 Å². The van der Waals surface area contributed by atoms with E-state index in [1.54, 1.807) is 0 Å². The molecule has 4 atom stereocenters. The summed E-state index contributed by atoms with van der Waals surface area (Å²) in [5, 5.41) is 0. The van der Waals surface area contributed by atoms with E-state index in [0.717, 1.165) is 19.3 Å². The summed E-state index contributed by atoms with van der Waals surface area (Å²) in [6.07, 6.45) is 7.12. The topological polar surface area (TPSA) is 78.3 Å². The van der Waals surface area contributed by atoms with E-state index >= 15 is 0 Å². The molecule has 0 heterocycles. The molecule has 1 amide bonds. The van der Waals surface area contributed by atoms with Crippen LogP contribution in [0, 0.1) is 17.8 Å². The molecular formula is C10H16N2O2. The minimum atomic E-state index is -0.211. The van der Waals surface area contributed by atoms with Gasteiger partial charge in [0.05, 0.1) is 0 Å². The van der Waals surface area contributed by atoms with Crippen molar-refractivity contribution < 1.29 is 9.63 Å². The van der Waals surface area contributed by atoms with Crippen LogP contribution < -0.4 is 11.6 Å². The van der Waals surface area contributed by atoms with Gasteiger partial charge < -0.3 is 5.73 Å². The normalized spacial score (nSPS) is 43.2. The van der Waals surface area contributed by atoms with E-state index in [9.17, 15) is 4.79 Å². The van der Waals surface area contributed by atoms with Crippen molar-refractivity contribution >= 4 is 5.91 Å². The zero-order chi connectivity index (χ0) is 10.1. The predicted octanol–water partition coefficient (Wildman–Crippen LogP) is 0.333. The fourth-order valence-corrected chi connectivity index (χ4v) is 2.59. The number of carbonyl (C=O) groups excluding carboxylic acids is 1. The highest BCUT2D eigenvalue weighted by Crippen LogP contribution is 2.52. The van der Waals surface area contributed by atoms with Gasteiger partial charge in [-0.05, 0) is 25.2 Å². The molecule has 0 aliphatic heterocycles. The van der Waals surface area contributed by atoms with Crippen molar-refractivity contribution in [3.8, 4) is 0 Å². The van der Waals surface area contributed by atoms with Crippen LogP contribution in [0.15, 0.2) is 12.2 Å². The van der Waals surface area contributed by atoms with Gasteiger partial charge in [0.15, 0.2) is 0 Å². The number of amides is 1. The quantitative estimate of drug-likeness (QED) is 0.493. The Bertz CT molecular complexity index is 265. The maximum absolute atomic E-state index is 11.1. The highest BCUT2D eigenvalue weighted by molar-refractivity contribution is 5.80. The minimum absolute atomic E-state index is 0.0219. The zero-order valence-corrected chi connectivity index (χ0v) is 8.06. The summed E-state index contributed by atoms with van der Waals surface area (Å²) in [6, 6.07) is 0. The monoisotopic (exact) mass is 196 g/mol. The molecule has 2 rings (SSSR count). The van der Waals surface area contributed by atoms with Crippen molar-refractivity contribution in [2.24, 2.45) is 29.4 Å². The predicted molar refractivity (Wildman–Crippen MR) is 51.7 cm³/mol. The molecule has 1 saturated carbocycles. The molecule has 2 aliphatic rings. The Labute approximate surface area is 83.2 Å². The molecule has 0 aromatic heterocycles. The van der Waals surface area contributed by atoms with E-state index in [1.807, 2.05) is 6.08 Å². The largest absolute Gasteiger partial charge is 0.369 e. The Morgan fingerprint density at radius 1 is 1.50 bits per heavy atom. The third-order valence-corrected chi connectivity index (χ3v) is 3.33. The highest BCUT2D eigenvalue weighted by atomic mass is 16.6. The Morgan fingerprint density at radius 2 is 2.29 bits per heavy atom. The number of allylic oxidation sites excluding steroid dienone is 1. The number of nitrogens with two attached hydrogens (primary N) is 2. The van der Waals surface area contributed by atoms with Crippen LogP contribution in [0.4, 0.5) is 0 Å². The average Bonchev–Trinajstić information content (AvgIpc) is 2.79. The van der Waals surface area contributed by atoms with Gasteiger partial charge in [-0.2, -0.15) is 0 Å². The smallest absolute Gasteiger partial charge is 0.221 e.